The van der Waals surface area contributed by atoms with Crippen molar-refractivity contribution in [2.45, 2.75) is 0 Å². The molecule has 0 aliphatic rings. The van der Waals surface area contributed by atoms with Gasteiger partial charge in [-0.05, 0) is 36.4 Å². The first kappa shape index (κ1) is 39.2. The number of hydrogen-bond donors (Lipinski definition) is 6. The van der Waals surface area contributed by atoms with E-state index in [1.165, 1.54) is 19.2 Å². The summed E-state index contributed by atoms with van der Waals surface area (Å²) in [4.78, 5) is 38.1. The molecule has 0 bridgehead atoms. The molecule has 0 fully saturated rings. The van der Waals surface area contributed by atoms with Crippen LogP contribution in [0, 0.1) is 0 Å². The van der Waals surface area contributed by atoms with Crippen molar-refractivity contribution in [2.24, 2.45) is 22.9 Å². The zero-order chi connectivity index (χ0) is 36.1. The molecule has 0 aromatic heterocycles. The Kier molecular flexibility index (Phi) is 16.9. The van der Waals surface area contributed by atoms with Crippen LogP contribution >= 0.6 is 0 Å². The first-order valence-corrected chi connectivity index (χ1v) is 16.0. The Hall–Kier alpha value is -5.29. The molecular weight excluding hydrogens is 652 g/mol. The SMILES string of the molecule is COC(=O)c1cc(OCCNC(=O)c2cc(OCCN)cc(OCCN)c2)cc(OCCNC(=O)c2cc(OCCN)cc(OCCN)c2)c1. The summed E-state index contributed by atoms with van der Waals surface area (Å²) in [6, 6.07) is 14.2. The minimum atomic E-state index is -0.601. The monoisotopic (exact) mass is 698 g/mol. The lowest BCUT2D eigenvalue weighted by Gasteiger charge is -2.14. The Morgan fingerprint density at radius 3 is 1.02 bits per heavy atom. The number of hydrogen-bond acceptors (Lipinski definition) is 14. The van der Waals surface area contributed by atoms with E-state index in [0.717, 1.165) is 0 Å². The predicted molar refractivity (Wildman–Crippen MR) is 185 cm³/mol. The van der Waals surface area contributed by atoms with Crippen molar-refractivity contribution in [2.75, 3.05) is 86.0 Å². The van der Waals surface area contributed by atoms with E-state index in [1.807, 2.05) is 0 Å². The van der Waals surface area contributed by atoms with Gasteiger partial charge in [0.2, 0.25) is 0 Å². The molecule has 16 heteroatoms. The number of esters is 1. The van der Waals surface area contributed by atoms with Gasteiger partial charge < -0.3 is 66.7 Å². The fourth-order valence-corrected chi connectivity index (χ4v) is 4.29. The van der Waals surface area contributed by atoms with Gasteiger partial charge in [0, 0.05) is 55.5 Å². The van der Waals surface area contributed by atoms with Crippen molar-refractivity contribution >= 4 is 17.8 Å². The van der Waals surface area contributed by atoms with Crippen LogP contribution in [0.2, 0.25) is 0 Å². The summed E-state index contributed by atoms with van der Waals surface area (Å²) in [7, 11) is 1.26. The van der Waals surface area contributed by atoms with Crippen molar-refractivity contribution in [1.29, 1.82) is 0 Å². The summed E-state index contributed by atoms with van der Waals surface area (Å²) >= 11 is 0. The Labute approximate surface area is 290 Å². The lowest BCUT2D eigenvalue weighted by Crippen LogP contribution is -2.28. The lowest BCUT2D eigenvalue weighted by molar-refractivity contribution is 0.0599. The standard InChI is InChI=1S/C34H46N6O10/c1-44-34(43)25-18-30(49-12-6-39-32(41)23-14-26(45-8-2-35)20-27(15-23)46-9-3-36)22-31(19-25)50-13-7-40-33(42)24-16-28(47-10-4-37)21-29(17-24)48-11-5-38/h14-22H,2-13,35-38H2,1H3,(H,39,41)(H,40,42). The van der Waals surface area contributed by atoms with Crippen LogP contribution in [0.15, 0.2) is 54.6 Å². The van der Waals surface area contributed by atoms with Crippen LogP contribution in [0.25, 0.3) is 0 Å². The van der Waals surface area contributed by atoms with Crippen LogP contribution in [-0.4, -0.2) is 104 Å². The number of nitrogens with one attached hydrogen (secondary N) is 2. The highest BCUT2D eigenvalue weighted by molar-refractivity contribution is 5.95. The lowest BCUT2D eigenvalue weighted by atomic mass is 10.2. The molecule has 0 atom stereocenters. The van der Waals surface area contributed by atoms with E-state index in [9.17, 15) is 14.4 Å². The Morgan fingerprint density at radius 1 is 0.460 bits per heavy atom. The quantitative estimate of drug-likeness (QED) is 0.0582. The summed E-state index contributed by atoms with van der Waals surface area (Å²) in [6.07, 6.45) is 0. The zero-order valence-corrected chi connectivity index (χ0v) is 28.1. The number of methoxy groups -OCH3 is 1. The van der Waals surface area contributed by atoms with Gasteiger partial charge in [0.1, 0.15) is 74.1 Å². The maximum Gasteiger partial charge on any atom is 0.338 e. The summed E-state index contributed by atoms with van der Waals surface area (Å²) in [6.45, 7) is 2.71. The Balaban J connectivity index is 1.57. The van der Waals surface area contributed by atoms with E-state index < -0.39 is 5.97 Å². The van der Waals surface area contributed by atoms with Crippen molar-refractivity contribution in [3.05, 3.63) is 71.3 Å². The zero-order valence-electron chi connectivity index (χ0n) is 28.1. The summed E-state index contributed by atoms with van der Waals surface area (Å²) in [5, 5.41) is 5.55. The normalized spacial score (nSPS) is 10.5. The van der Waals surface area contributed by atoms with E-state index in [2.05, 4.69) is 10.6 Å². The second-order valence-corrected chi connectivity index (χ2v) is 10.3. The van der Waals surface area contributed by atoms with Gasteiger partial charge in [-0.15, -0.1) is 0 Å². The van der Waals surface area contributed by atoms with Crippen molar-refractivity contribution in [1.82, 2.24) is 10.6 Å². The van der Waals surface area contributed by atoms with Crippen LogP contribution in [0.3, 0.4) is 0 Å². The van der Waals surface area contributed by atoms with Crippen LogP contribution in [0.4, 0.5) is 0 Å². The molecule has 16 nitrogen and oxygen atoms in total. The highest BCUT2D eigenvalue weighted by Crippen LogP contribution is 2.26. The molecule has 0 unspecified atom stereocenters. The topological polar surface area (TPSA) is 244 Å². The molecule has 10 N–H and O–H groups in total. The van der Waals surface area contributed by atoms with Crippen molar-refractivity contribution in [3.63, 3.8) is 0 Å². The molecule has 3 aromatic carbocycles. The number of nitrogens with two attached hydrogens (primary N) is 4. The van der Waals surface area contributed by atoms with Gasteiger partial charge in [-0.25, -0.2) is 4.79 Å². The van der Waals surface area contributed by atoms with Crippen LogP contribution in [-0.2, 0) is 4.74 Å². The van der Waals surface area contributed by atoms with E-state index in [4.69, 9.17) is 56.1 Å². The number of amides is 2. The number of carbonyl (C=O) groups is 3. The van der Waals surface area contributed by atoms with E-state index >= 15 is 0 Å². The first-order chi connectivity index (χ1) is 24.3. The van der Waals surface area contributed by atoms with E-state index in [1.54, 1.807) is 42.5 Å². The minimum absolute atomic E-state index is 0.0663. The van der Waals surface area contributed by atoms with Gasteiger partial charge in [0.05, 0.1) is 25.8 Å². The van der Waals surface area contributed by atoms with Gasteiger partial charge in [-0.3, -0.25) is 9.59 Å². The fourth-order valence-electron chi connectivity index (χ4n) is 4.29. The smallest absolute Gasteiger partial charge is 0.338 e. The molecule has 0 saturated carbocycles. The van der Waals surface area contributed by atoms with Gasteiger partial charge in [-0.1, -0.05) is 0 Å². The molecule has 50 heavy (non-hydrogen) atoms. The highest BCUT2D eigenvalue weighted by atomic mass is 16.5. The number of ether oxygens (including phenoxy) is 7. The highest BCUT2D eigenvalue weighted by Gasteiger charge is 2.14. The molecule has 3 rings (SSSR count). The molecule has 0 radical (unpaired) electrons. The number of rotatable bonds is 23. The predicted octanol–water partition coefficient (Wildman–Crippen LogP) is 0.441. The second-order valence-electron chi connectivity index (χ2n) is 10.3. The summed E-state index contributed by atoms with van der Waals surface area (Å²) in [5.74, 6) is 0.968. The maximum atomic E-state index is 12.9. The second kappa shape index (κ2) is 21.6. The van der Waals surface area contributed by atoms with Gasteiger partial charge in [-0.2, -0.15) is 0 Å². The first-order valence-electron chi connectivity index (χ1n) is 16.0. The van der Waals surface area contributed by atoms with Crippen LogP contribution in [0.5, 0.6) is 34.5 Å². The number of carbonyl (C=O) groups excluding carboxylic acids is 3. The summed E-state index contributed by atoms with van der Waals surface area (Å²) < 4.78 is 38.8. The molecule has 3 aromatic rings. The Morgan fingerprint density at radius 2 is 0.740 bits per heavy atom. The maximum absolute atomic E-state index is 12.9. The molecule has 272 valence electrons. The molecule has 0 spiro atoms. The van der Waals surface area contributed by atoms with Crippen LogP contribution < -0.4 is 62.0 Å². The third-order valence-corrected chi connectivity index (χ3v) is 6.44. The largest absolute Gasteiger partial charge is 0.492 e. The third-order valence-electron chi connectivity index (χ3n) is 6.44. The molecular formula is C34H46N6O10. The van der Waals surface area contributed by atoms with Crippen molar-refractivity contribution < 1.29 is 47.5 Å². The van der Waals surface area contributed by atoms with Gasteiger partial charge in [0.15, 0.2) is 0 Å². The van der Waals surface area contributed by atoms with E-state index in [-0.39, 0.29) is 70.1 Å². The average Bonchev–Trinajstić information content (AvgIpc) is 3.14. The van der Waals surface area contributed by atoms with Crippen LogP contribution in [0.1, 0.15) is 31.1 Å². The summed E-state index contributed by atoms with van der Waals surface area (Å²) in [5.41, 5.74) is 22.9. The molecule has 0 saturated heterocycles. The van der Waals surface area contributed by atoms with Gasteiger partial charge in [0.25, 0.3) is 11.8 Å². The van der Waals surface area contributed by atoms with Crippen molar-refractivity contribution in [3.8, 4) is 34.5 Å². The van der Waals surface area contributed by atoms with Gasteiger partial charge >= 0.3 is 5.97 Å². The Bertz CT molecular complexity index is 1390. The third kappa shape index (κ3) is 13.3. The molecule has 0 aliphatic carbocycles. The molecule has 0 heterocycles. The molecule has 2 amide bonds. The minimum Gasteiger partial charge on any atom is -0.492 e. The molecule has 0 aliphatic heterocycles. The number of benzene rings is 3. The van der Waals surface area contributed by atoms with E-state index in [0.29, 0.717) is 71.8 Å². The fraction of sp³-hybridized carbons (Fsp3) is 0.382. The average molecular weight is 699 g/mol.